The third kappa shape index (κ3) is 9.47. The van der Waals surface area contributed by atoms with Crippen molar-refractivity contribution in [3.05, 3.63) is 101 Å². The van der Waals surface area contributed by atoms with Gasteiger partial charge in [-0.05, 0) is 69.9 Å². The topological polar surface area (TPSA) is 169 Å². The van der Waals surface area contributed by atoms with Gasteiger partial charge >= 0.3 is 0 Å². The van der Waals surface area contributed by atoms with E-state index in [-0.39, 0.29) is 28.2 Å². The number of nitrogens with zero attached hydrogens (tertiary/aromatic N) is 2. The van der Waals surface area contributed by atoms with Crippen LogP contribution in [0.5, 0.6) is 0 Å². The first-order valence-electron chi connectivity index (χ1n) is 16.4. The Balaban J connectivity index is 1.59. The van der Waals surface area contributed by atoms with Crippen LogP contribution in [0.1, 0.15) is 71.4 Å². The van der Waals surface area contributed by atoms with Crippen molar-refractivity contribution in [2.45, 2.75) is 76.0 Å². The molecular weight excluding hydrogens is 701 g/mol. The lowest BCUT2D eigenvalue weighted by atomic mass is 9.81. The van der Waals surface area contributed by atoms with E-state index in [0.717, 1.165) is 28.4 Å². The van der Waals surface area contributed by atoms with E-state index in [0.29, 0.717) is 37.9 Å². The molecule has 0 atom stereocenters. The van der Waals surface area contributed by atoms with E-state index in [9.17, 15) is 29.8 Å². The lowest BCUT2D eigenvalue weighted by Gasteiger charge is -2.27. The Morgan fingerprint density at radius 2 is 1.44 bits per heavy atom. The molecule has 272 valence electrons. The highest BCUT2D eigenvalue weighted by Crippen LogP contribution is 2.48. The summed E-state index contributed by atoms with van der Waals surface area (Å²) < 4.78 is 99.0. The molecule has 2 aliphatic heterocycles. The van der Waals surface area contributed by atoms with Gasteiger partial charge in [0, 0.05) is 47.5 Å². The zero-order valence-corrected chi connectivity index (χ0v) is 31.5. The van der Waals surface area contributed by atoms with Crippen LogP contribution < -0.4 is 4.90 Å². The molecule has 0 aromatic heterocycles. The van der Waals surface area contributed by atoms with Crippen LogP contribution in [0.2, 0.25) is 0 Å². The summed E-state index contributed by atoms with van der Waals surface area (Å²) in [4.78, 5) is 1.80. The molecule has 0 unspecified atom stereocenters. The van der Waals surface area contributed by atoms with Crippen LogP contribution in [0.15, 0.2) is 95.1 Å². The second kappa shape index (κ2) is 15.1. The maximum absolute atomic E-state index is 11.9. The van der Waals surface area contributed by atoms with Gasteiger partial charge < -0.3 is 4.90 Å². The molecule has 11 nitrogen and oxygen atoms in total. The van der Waals surface area contributed by atoms with Crippen LogP contribution in [0.25, 0.3) is 0 Å². The molecule has 0 fully saturated rings. The highest BCUT2D eigenvalue weighted by atomic mass is 32.2. The van der Waals surface area contributed by atoms with E-state index in [1.165, 1.54) is 17.7 Å². The summed E-state index contributed by atoms with van der Waals surface area (Å²) in [5.74, 6) is -0.633. The minimum absolute atomic E-state index is 0.207. The minimum atomic E-state index is -4.42. The van der Waals surface area contributed by atoms with Crippen molar-refractivity contribution < 1.29 is 43.5 Å². The zero-order chi connectivity index (χ0) is 37.1. The van der Waals surface area contributed by atoms with E-state index < -0.39 is 35.8 Å². The summed E-state index contributed by atoms with van der Waals surface area (Å²) in [5.41, 5.74) is 5.65. The molecule has 2 aromatic rings. The molecule has 2 aromatic carbocycles. The van der Waals surface area contributed by atoms with Gasteiger partial charge in [0.25, 0.3) is 30.4 Å². The van der Waals surface area contributed by atoms with Crippen molar-refractivity contribution in [1.29, 1.82) is 0 Å². The van der Waals surface area contributed by atoms with Crippen LogP contribution in [-0.2, 0) is 41.2 Å². The van der Waals surface area contributed by atoms with E-state index >= 15 is 0 Å². The Bertz CT molecular complexity index is 2110. The van der Waals surface area contributed by atoms with Gasteiger partial charge in [-0.1, -0.05) is 61.9 Å². The summed E-state index contributed by atoms with van der Waals surface area (Å²) in [6.07, 6.45) is 13.5. The van der Waals surface area contributed by atoms with Crippen molar-refractivity contribution in [1.82, 2.24) is 0 Å². The number of hydrogen-bond acceptors (Lipinski definition) is 7. The van der Waals surface area contributed by atoms with E-state index in [4.69, 9.17) is 9.11 Å². The first-order chi connectivity index (χ1) is 23.1. The van der Waals surface area contributed by atoms with Gasteiger partial charge in [0.15, 0.2) is 5.71 Å². The SMILES string of the molecule is CC(/C=C/C=C1/N(CCCCS(=O)(=O)O)c2ccc(S(=O)(=O)O)cc2C1(C)C)=C\C=C\C1=[N+](CCCCS(=O)(=O)O)c2ccccc2C1(C)C. The average molecular weight is 748 g/mol. The summed E-state index contributed by atoms with van der Waals surface area (Å²) in [7, 11) is -12.5. The number of unbranched alkanes of at least 4 members (excludes halogenated alkanes) is 2. The van der Waals surface area contributed by atoms with Crippen LogP contribution in [0.3, 0.4) is 0 Å². The Hall–Kier alpha value is -3.40. The normalized spacial score (nSPS) is 18.5. The average Bonchev–Trinajstić information content (AvgIpc) is 3.34. The molecule has 0 saturated carbocycles. The van der Waals surface area contributed by atoms with Crippen LogP contribution in [0, 0.1) is 0 Å². The number of fused-ring (bicyclic) bond motifs is 2. The molecule has 0 saturated heterocycles. The molecule has 2 aliphatic rings. The number of benzene rings is 2. The maximum Gasteiger partial charge on any atom is 0.294 e. The predicted molar refractivity (Wildman–Crippen MR) is 197 cm³/mol. The largest absolute Gasteiger partial charge is 0.344 e. The smallest absolute Gasteiger partial charge is 0.294 e. The zero-order valence-electron chi connectivity index (χ0n) is 29.1. The molecule has 14 heteroatoms. The lowest BCUT2D eigenvalue weighted by molar-refractivity contribution is -0.438. The number of hydrogen-bond donors (Lipinski definition) is 3. The Morgan fingerprint density at radius 1 is 0.800 bits per heavy atom. The standard InChI is InChI=1S/C36H46N2O9S3/c1-27(14-12-18-33-35(2,3)29-16-6-7-17-31(29)37(33)22-8-10-24-48(39,40)41)15-13-19-34-36(4,5)30-26-28(50(45,46)47)20-21-32(30)38(34)23-9-11-25-49(42,43)44/h6-7,12-21,26H,8-11,22-25H2,1-5H3,(H2-,39,40,41,42,43,44,45,46,47)/p+1. The van der Waals surface area contributed by atoms with Crippen molar-refractivity contribution in [2.75, 3.05) is 29.5 Å². The maximum atomic E-state index is 11.9. The lowest BCUT2D eigenvalue weighted by Crippen LogP contribution is -2.28. The van der Waals surface area contributed by atoms with Gasteiger partial charge in [0.05, 0.1) is 21.8 Å². The molecule has 0 spiro atoms. The van der Waals surface area contributed by atoms with Crippen LogP contribution in [0.4, 0.5) is 11.4 Å². The first kappa shape index (κ1) is 39.4. The summed E-state index contributed by atoms with van der Waals surface area (Å²) in [6, 6.07) is 12.6. The predicted octanol–water partition coefficient (Wildman–Crippen LogP) is 6.39. The van der Waals surface area contributed by atoms with Gasteiger partial charge in [-0.2, -0.15) is 29.8 Å². The van der Waals surface area contributed by atoms with Crippen molar-refractivity contribution in [2.24, 2.45) is 0 Å². The Morgan fingerprint density at radius 3 is 2.08 bits per heavy atom. The van der Waals surface area contributed by atoms with Gasteiger partial charge in [-0.25, -0.2) is 0 Å². The number of para-hydroxylation sites is 1. The fraction of sp³-hybridized carbons (Fsp3) is 0.417. The molecule has 0 radical (unpaired) electrons. The quantitative estimate of drug-likeness (QED) is 0.0804. The van der Waals surface area contributed by atoms with Gasteiger partial charge in [0.1, 0.15) is 6.54 Å². The molecule has 2 heterocycles. The molecule has 0 aliphatic carbocycles. The van der Waals surface area contributed by atoms with Crippen molar-refractivity contribution in [3.63, 3.8) is 0 Å². The fourth-order valence-corrected chi connectivity index (χ4v) is 8.33. The second-order valence-corrected chi connectivity index (χ2v) is 18.3. The second-order valence-electron chi connectivity index (χ2n) is 13.8. The number of rotatable bonds is 15. The Labute approximate surface area is 296 Å². The van der Waals surface area contributed by atoms with E-state index in [1.54, 1.807) is 6.07 Å². The molecular formula is C36H47N2O9S3+. The monoisotopic (exact) mass is 747 g/mol. The van der Waals surface area contributed by atoms with Gasteiger partial charge in [0.2, 0.25) is 5.69 Å². The van der Waals surface area contributed by atoms with Crippen molar-refractivity contribution >= 4 is 47.4 Å². The van der Waals surface area contributed by atoms with Crippen molar-refractivity contribution in [3.8, 4) is 0 Å². The Kier molecular flexibility index (Phi) is 11.9. The van der Waals surface area contributed by atoms with E-state index in [2.05, 4.69) is 36.6 Å². The third-order valence-electron chi connectivity index (χ3n) is 9.25. The minimum Gasteiger partial charge on any atom is -0.344 e. The fourth-order valence-electron chi connectivity index (χ4n) is 6.68. The third-order valence-corrected chi connectivity index (χ3v) is 11.7. The molecule has 4 rings (SSSR count). The first-order valence-corrected chi connectivity index (χ1v) is 21.1. The number of anilines is 1. The summed E-state index contributed by atoms with van der Waals surface area (Å²) >= 11 is 0. The van der Waals surface area contributed by atoms with Gasteiger partial charge in [-0.3, -0.25) is 13.7 Å². The summed E-state index contributed by atoms with van der Waals surface area (Å²) in [6.45, 7) is 11.2. The van der Waals surface area contributed by atoms with Gasteiger partial charge in [-0.15, -0.1) is 0 Å². The van der Waals surface area contributed by atoms with E-state index in [1.807, 2.05) is 68.2 Å². The van der Waals surface area contributed by atoms with Crippen LogP contribution in [-0.4, -0.2) is 73.8 Å². The molecule has 3 N–H and O–H groups in total. The highest BCUT2D eigenvalue weighted by molar-refractivity contribution is 7.86. The number of allylic oxidation sites excluding steroid dienone is 8. The molecule has 0 amide bonds. The highest BCUT2D eigenvalue weighted by Gasteiger charge is 2.44. The molecule has 50 heavy (non-hydrogen) atoms. The summed E-state index contributed by atoms with van der Waals surface area (Å²) in [5, 5.41) is 0. The molecule has 0 bridgehead atoms. The van der Waals surface area contributed by atoms with Crippen LogP contribution >= 0.6 is 0 Å².